The van der Waals surface area contributed by atoms with E-state index in [1.165, 1.54) is 30.5 Å². The first-order chi connectivity index (χ1) is 7.84. The van der Waals surface area contributed by atoms with Crippen molar-refractivity contribution in [3.05, 3.63) is 46.2 Å². The Hall–Kier alpha value is -1.09. The fraction of sp³-hybridized carbons (Fsp3) is 0.308. The number of hydrogen-bond donors (Lipinski definition) is 0. The van der Waals surface area contributed by atoms with Gasteiger partial charge >= 0.3 is 0 Å². The zero-order valence-corrected chi connectivity index (χ0v) is 10.6. The monoisotopic (exact) mass is 276 g/mol. The number of benzene rings is 1. The average Bonchev–Trinajstić information content (AvgIpc) is 2.72. The lowest BCUT2D eigenvalue weighted by atomic mass is 9.98. The normalized spacial score (nSPS) is 14.8. The van der Waals surface area contributed by atoms with E-state index in [-0.39, 0.29) is 0 Å². The molecule has 0 radical (unpaired) electrons. The predicted octanol–water partition coefficient (Wildman–Crippen LogP) is 3.51. The van der Waals surface area contributed by atoms with Crippen molar-refractivity contribution in [1.82, 2.24) is 9.78 Å². The second kappa shape index (κ2) is 4.06. The van der Waals surface area contributed by atoms with Crippen LogP contribution in [0.3, 0.4) is 0 Å². The maximum atomic E-state index is 4.50. The van der Waals surface area contributed by atoms with Crippen molar-refractivity contribution >= 4 is 15.9 Å². The van der Waals surface area contributed by atoms with E-state index in [0.717, 1.165) is 16.6 Å². The first-order valence-electron chi connectivity index (χ1n) is 5.66. The highest BCUT2D eigenvalue weighted by atomic mass is 79.9. The zero-order chi connectivity index (χ0) is 11.0. The number of aromatic nitrogens is 2. The highest BCUT2D eigenvalue weighted by molar-refractivity contribution is 9.10. The van der Waals surface area contributed by atoms with E-state index in [1.807, 2.05) is 12.3 Å². The van der Waals surface area contributed by atoms with Gasteiger partial charge in [0.15, 0.2) is 0 Å². The molecule has 0 amide bonds. The van der Waals surface area contributed by atoms with Crippen molar-refractivity contribution in [1.29, 1.82) is 0 Å². The van der Waals surface area contributed by atoms with Gasteiger partial charge in [-0.05, 0) is 49.4 Å². The van der Waals surface area contributed by atoms with Gasteiger partial charge in [0.25, 0.3) is 0 Å². The summed E-state index contributed by atoms with van der Waals surface area (Å²) in [5.41, 5.74) is 3.97. The molecule has 0 bridgehead atoms. The average molecular weight is 277 g/mol. The Balaban J connectivity index is 2.09. The van der Waals surface area contributed by atoms with Crippen LogP contribution in [0.5, 0.6) is 0 Å². The van der Waals surface area contributed by atoms with Crippen molar-refractivity contribution in [2.75, 3.05) is 0 Å². The molecule has 0 saturated heterocycles. The molecular weight excluding hydrogens is 264 g/mol. The molecule has 1 heterocycles. The first-order valence-corrected chi connectivity index (χ1v) is 6.45. The molecule has 1 aromatic carbocycles. The minimum Gasteiger partial charge on any atom is -0.238 e. The summed E-state index contributed by atoms with van der Waals surface area (Å²) in [6.07, 6.45) is 6.95. The zero-order valence-electron chi connectivity index (χ0n) is 8.99. The maximum absolute atomic E-state index is 4.50. The van der Waals surface area contributed by atoms with Gasteiger partial charge < -0.3 is 0 Å². The van der Waals surface area contributed by atoms with Crippen LogP contribution in [0, 0.1) is 0 Å². The Morgan fingerprint density at radius 2 is 2.06 bits per heavy atom. The number of fused-ring (bicyclic) bond motifs is 1. The van der Waals surface area contributed by atoms with Gasteiger partial charge in [0, 0.05) is 10.2 Å². The third kappa shape index (κ3) is 1.69. The van der Waals surface area contributed by atoms with Crippen LogP contribution in [0.4, 0.5) is 0 Å². The van der Waals surface area contributed by atoms with Gasteiger partial charge in [-0.3, -0.25) is 0 Å². The third-order valence-electron chi connectivity index (χ3n) is 3.12. The Labute approximate surface area is 103 Å². The minimum atomic E-state index is 1.10. The number of aryl methyl sites for hydroxylation is 1. The van der Waals surface area contributed by atoms with E-state index in [9.17, 15) is 0 Å². The predicted molar refractivity (Wildman–Crippen MR) is 67.9 cm³/mol. The lowest BCUT2D eigenvalue weighted by molar-refractivity contribution is 0.653. The Kier molecular flexibility index (Phi) is 2.56. The molecule has 3 heteroatoms. The quantitative estimate of drug-likeness (QED) is 0.780. The van der Waals surface area contributed by atoms with Gasteiger partial charge in [-0.15, -0.1) is 0 Å². The molecule has 2 aromatic rings. The van der Waals surface area contributed by atoms with Gasteiger partial charge in [-0.2, -0.15) is 5.10 Å². The van der Waals surface area contributed by atoms with Crippen LogP contribution >= 0.6 is 15.9 Å². The molecule has 0 saturated carbocycles. The third-order valence-corrected chi connectivity index (χ3v) is 3.61. The molecule has 0 spiro atoms. The lowest BCUT2D eigenvalue weighted by Gasteiger charge is -2.13. The van der Waals surface area contributed by atoms with Gasteiger partial charge in [-0.25, -0.2) is 4.68 Å². The summed E-state index contributed by atoms with van der Waals surface area (Å²) >= 11 is 3.50. The summed E-state index contributed by atoms with van der Waals surface area (Å²) in [6, 6.07) is 8.31. The van der Waals surface area contributed by atoms with Crippen molar-refractivity contribution in [3.63, 3.8) is 0 Å². The number of rotatable bonds is 1. The largest absolute Gasteiger partial charge is 0.238 e. The van der Waals surface area contributed by atoms with Gasteiger partial charge in [0.05, 0.1) is 11.9 Å². The van der Waals surface area contributed by atoms with Gasteiger partial charge in [0.1, 0.15) is 0 Å². The van der Waals surface area contributed by atoms with Crippen molar-refractivity contribution in [3.8, 4) is 5.69 Å². The summed E-state index contributed by atoms with van der Waals surface area (Å²) in [7, 11) is 0. The Morgan fingerprint density at radius 1 is 1.19 bits per heavy atom. The summed E-state index contributed by atoms with van der Waals surface area (Å²) in [4.78, 5) is 0. The summed E-state index contributed by atoms with van der Waals surface area (Å²) in [6.45, 7) is 0. The molecule has 16 heavy (non-hydrogen) atoms. The smallest absolute Gasteiger partial charge is 0.0660 e. The second-order valence-electron chi connectivity index (χ2n) is 4.22. The van der Waals surface area contributed by atoms with Crippen LogP contribution < -0.4 is 0 Å². The molecule has 0 fully saturated rings. The molecule has 0 aliphatic heterocycles. The molecule has 2 nitrogen and oxygen atoms in total. The fourth-order valence-electron chi connectivity index (χ4n) is 2.32. The van der Waals surface area contributed by atoms with Crippen LogP contribution in [0.1, 0.15) is 24.1 Å². The molecule has 1 aliphatic rings. The first kappa shape index (κ1) is 10.1. The fourth-order valence-corrected chi connectivity index (χ4v) is 2.71. The SMILES string of the molecule is Brc1cccc(-n2ncc3c2CCCC3)c1. The van der Waals surface area contributed by atoms with Gasteiger partial charge in [-0.1, -0.05) is 22.0 Å². The number of nitrogens with zero attached hydrogens (tertiary/aromatic N) is 2. The molecule has 0 unspecified atom stereocenters. The highest BCUT2D eigenvalue weighted by Crippen LogP contribution is 2.24. The van der Waals surface area contributed by atoms with Crippen molar-refractivity contribution in [2.24, 2.45) is 0 Å². The molecular formula is C13H13BrN2. The van der Waals surface area contributed by atoms with E-state index in [2.05, 4.69) is 43.9 Å². The van der Waals surface area contributed by atoms with Gasteiger partial charge in [0.2, 0.25) is 0 Å². The standard InChI is InChI=1S/C13H13BrN2/c14-11-5-3-6-12(8-11)16-13-7-2-1-4-10(13)9-15-16/h3,5-6,8-9H,1-2,4,7H2. The van der Waals surface area contributed by atoms with E-state index in [0.29, 0.717) is 0 Å². The Morgan fingerprint density at radius 3 is 2.94 bits per heavy atom. The van der Waals surface area contributed by atoms with E-state index < -0.39 is 0 Å². The summed E-state index contributed by atoms with van der Waals surface area (Å²) in [5, 5.41) is 4.50. The number of hydrogen-bond acceptors (Lipinski definition) is 1. The molecule has 82 valence electrons. The lowest BCUT2D eigenvalue weighted by Crippen LogP contribution is -2.07. The summed E-state index contributed by atoms with van der Waals surface area (Å²) in [5.74, 6) is 0. The van der Waals surface area contributed by atoms with Crippen LogP contribution in [-0.4, -0.2) is 9.78 Å². The maximum Gasteiger partial charge on any atom is 0.0660 e. The minimum absolute atomic E-state index is 1.10. The van der Waals surface area contributed by atoms with Crippen LogP contribution in [0.2, 0.25) is 0 Å². The molecule has 1 aliphatic carbocycles. The van der Waals surface area contributed by atoms with Crippen LogP contribution in [0.25, 0.3) is 5.69 Å². The van der Waals surface area contributed by atoms with E-state index in [1.54, 1.807) is 0 Å². The molecule has 0 N–H and O–H groups in total. The van der Waals surface area contributed by atoms with Crippen LogP contribution in [-0.2, 0) is 12.8 Å². The Bertz CT molecular complexity index is 516. The topological polar surface area (TPSA) is 17.8 Å². The molecule has 3 rings (SSSR count). The molecule has 1 aromatic heterocycles. The number of halogens is 1. The van der Waals surface area contributed by atoms with Crippen molar-refractivity contribution in [2.45, 2.75) is 25.7 Å². The molecule has 0 atom stereocenters. The van der Waals surface area contributed by atoms with E-state index >= 15 is 0 Å². The van der Waals surface area contributed by atoms with Crippen molar-refractivity contribution < 1.29 is 0 Å². The highest BCUT2D eigenvalue weighted by Gasteiger charge is 2.15. The second-order valence-corrected chi connectivity index (χ2v) is 5.13. The van der Waals surface area contributed by atoms with E-state index in [4.69, 9.17) is 0 Å². The van der Waals surface area contributed by atoms with Crippen LogP contribution in [0.15, 0.2) is 34.9 Å². The summed E-state index contributed by atoms with van der Waals surface area (Å²) < 4.78 is 3.18.